The van der Waals surface area contributed by atoms with Crippen LogP contribution in [0.5, 0.6) is 0 Å². The summed E-state index contributed by atoms with van der Waals surface area (Å²) in [5.41, 5.74) is 2.17. The van der Waals surface area contributed by atoms with E-state index in [2.05, 4.69) is 27.5 Å². The molecule has 0 aliphatic heterocycles. The first kappa shape index (κ1) is 12.4. The Morgan fingerprint density at radius 3 is 2.44 bits per heavy atom. The summed E-state index contributed by atoms with van der Waals surface area (Å²) < 4.78 is 0. The Morgan fingerprint density at radius 1 is 1.06 bits per heavy atom. The van der Waals surface area contributed by atoms with Gasteiger partial charge in [0.1, 0.15) is 18.0 Å². The molecule has 0 atom stereocenters. The lowest BCUT2D eigenvalue weighted by atomic mass is 10.1. The topological polar surface area (TPSA) is 49.8 Å². The summed E-state index contributed by atoms with van der Waals surface area (Å²) in [7, 11) is 1.88. The second-order valence-corrected chi connectivity index (χ2v) is 4.04. The predicted molar refractivity (Wildman–Crippen MR) is 75.3 cm³/mol. The van der Waals surface area contributed by atoms with Gasteiger partial charge in [0.15, 0.2) is 0 Å². The zero-order chi connectivity index (χ0) is 12.8. The molecular weight excluding hydrogens is 224 g/mol. The first-order chi connectivity index (χ1) is 8.85. The minimum absolute atomic E-state index is 0.877. The fraction of sp³-hybridized carbons (Fsp3) is 0.286. The quantitative estimate of drug-likeness (QED) is 0.845. The van der Waals surface area contributed by atoms with Crippen molar-refractivity contribution in [1.82, 2.24) is 9.97 Å². The molecule has 4 heteroatoms. The van der Waals surface area contributed by atoms with Crippen LogP contribution in [0.2, 0.25) is 0 Å². The summed E-state index contributed by atoms with van der Waals surface area (Å²) in [4.78, 5) is 8.59. The van der Waals surface area contributed by atoms with Crippen molar-refractivity contribution in [3.8, 4) is 0 Å². The van der Waals surface area contributed by atoms with Crippen LogP contribution in [0, 0.1) is 0 Å². The van der Waals surface area contributed by atoms with Gasteiger partial charge in [0.2, 0.25) is 0 Å². The van der Waals surface area contributed by atoms with Gasteiger partial charge >= 0.3 is 0 Å². The number of hydrogen-bond donors (Lipinski definition) is 2. The SMILES string of the molecule is CCCc1c(NC)ncnc1Nc1ccccc1. The van der Waals surface area contributed by atoms with Crippen molar-refractivity contribution in [2.75, 3.05) is 17.7 Å². The van der Waals surface area contributed by atoms with Crippen LogP contribution in [0.25, 0.3) is 0 Å². The van der Waals surface area contributed by atoms with Gasteiger partial charge in [0.05, 0.1) is 0 Å². The Hall–Kier alpha value is -2.10. The first-order valence-electron chi connectivity index (χ1n) is 6.18. The Kier molecular flexibility index (Phi) is 4.12. The van der Waals surface area contributed by atoms with E-state index in [4.69, 9.17) is 0 Å². The number of nitrogens with one attached hydrogen (secondary N) is 2. The van der Waals surface area contributed by atoms with Gasteiger partial charge in [-0.05, 0) is 18.6 Å². The fourth-order valence-electron chi connectivity index (χ4n) is 1.88. The van der Waals surface area contributed by atoms with Crippen LogP contribution >= 0.6 is 0 Å². The van der Waals surface area contributed by atoms with Crippen molar-refractivity contribution in [2.24, 2.45) is 0 Å². The number of para-hydroxylation sites is 1. The number of aromatic nitrogens is 2. The van der Waals surface area contributed by atoms with E-state index in [1.807, 2.05) is 37.4 Å². The molecule has 2 aromatic rings. The molecule has 0 saturated heterocycles. The van der Waals surface area contributed by atoms with E-state index < -0.39 is 0 Å². The number of rotatable bonds is 5. The highest BCUT2D eigenvalue weighted by Crippen LogP contribution is 2.24. The Morgan fingerprint density at radius 2 is 1.78 bits per heavy atom. The maximum atomic E-state index is 4.34. The van der Waals surface area contributed by atoms with Crippen molar-refractivity contribution < 1.29 is 0 Å². The van der Waals surface area contributed by atoms with Crippen LogP contribution in [0.3, 0.4) is 0 Å². The van der Waals surface area contributed by atoms with Gasteiger partial charge in [-0.1, -0.05) is 31.5 Å². The van der Waals surface area contributed by atoms with E-state index in [1.54, 1.807) is 6.33 Å². The average Bonchev–Trinajstić information content (AvgIpc) is 2.42. The van der Waals surface area contributed by atoms with Crippen molar-refractivity contribution in [1.29, 1.82) is 0 Å². The second-order valence-electron chi connectivity index (χ2n) is 4.04. The monoisotopic (exact) mass is 242 g/mol. The molecule has 0 fully saturated rings. The summed E-state index contributed by atoms with van der Waals surface area (Å²) in [5.74, 6) is 1.77. The summed E-state index contributed by atoms with van der Waals surface area (Å²) >= 11 is 0. The van der Waals surface area contributed by atoms with E-state index in [0.717, 1.165) is 35.7 Å². The molecule has 0 saturated carbocycles. The molecule has 0 amide bonds. The highest BCUT2D eigenvalue weighted by atomic mass is 15.1. The molecule has 0 bridgehead atoms. The van der Waals surface area contributed by atoms with Gasteiger partial charge in [-0.3, -0.25) is 0 Å². The standard InChI is InChI=1S/C14H18N4/c1-3-7-12-13(15-2)16-10-17-14(12)18-11-8-5-4-6-9-11/h4-6,8-10H,3,7H2,1-2H3,(H2,15,16,17,18). The molecule has 18 heavy (non-hydrogen) atoms. The molecular formula is C14H18N4. The molecule has 2 rings (SSSR count). The third-order valence-electron chi connectivity index (χ3n) is 2.72. The van der Waals surface area contributed by atoms with Gasteiger partial charge < -0.3 is 10.6 Å². The Labute approximate surface area is 107 Å². The first-order valence-corrected chi connectivity index (χ1v) is 6.18. The Balaban J connectivity index is 2.32. The minimum atomic E-state index is 0.877. The molecule has 0 radical (unpaired) electrons. The van der Waals surface area contributed by atoms with Crippen LogP contribution in [-0.4, -0.2) is 17.0 Å². The smallest absolute Gasteiger partial charge is 0.139 e. The normalized spacial score (nSPS) is 10.1. The largest absolute Gasteiger partial charge is 0.373 e. The third-order valence-corrected chi connectivity index (χ3v) is 2.72. The van der Waals surface area contributed by atoms with Crippen molar-refractivity contribution >= 4 is 17.3 Å². The zero-order valence-electron chi connectivity index (χ0n) is 10.8. The van der Waals surface area contributed by atoms with E-state index in [-0.39, 0.29) is 0 Å². The second kappa shape index (κ2) is 6.00. The molecule has 94 valence electrons. The highest BCUT2D eigenvalue weighted by Gasteiger charge is 2.09. The summed E-state index contributed by atoms with van der Waals surface area (Å²) in [6.07, 6.45) is 3.59. The maximum absolute atomic E-state index is 4.34. The van der Waals surface area contributed by atoms with Gasteiger partial charge in [0.25, 0.3) is 0 Å². The third kappa shape index (κ3) is 2.77. The van der Waals surface area contributed by atoms with Crippen LogP contribution in [0.1, 0.15) is 18.9 Å². The number of nitrogens with zero attached hydrogens (tertiary/aromatic N) is 2. The lowest BCUT2D eigenvalue weighted by Gasteiger charge is -2.13. The summed E-state index contributed by atoms with van der Waals surface area (Å²) in [6, 6.07) is 10.1. The van der Waals surface area contributed by atoms with Crippen LogP contribution in [0.4, 0.5) is 17.3 Å². The van der Waals surface area contributed by atoms with Crippen molar-refractivity contribution in [2.45, 2.75) is 19.8 Å². The predicted octanol–water partition coefficient (Wildman–Crippen LogP) is 3.21. The zero-order valence-corrected chi connectivity index (χ0v) is 10.8. The molecule has 2 N–H and O–H groups in total. The van der Waals surface area contributed by atoms with Crippen LogP contribution < -0.4 is 10.6 Å². The van der Waals surface area contributed by atoms with E-state index in [0.29, 0.717) is 0 Å². The van der Waals surface area contributed by atoms with Gasteiger partial charge in [0, 0.05) is 18.3 Å². The van der Waals surface area contributed by atoms with Gasteiger partial charge in [-0.25, -0.2) is 9.97 Å². The Bertz CT molecular complexity index is 496. The lowest BCUT2D eigenvalue weighted by molar-refractivity contribution is 0.905. The van der Waals surface area contributed by atoms with Crippen molar-refractivity contribution in [3.05, 3.63) is 42.2 Å². The summed E-state index contributed by atoms with van der Waals surface area (Å²) in [5, 5.41) is 6.46. The highest BCUT2D eigenvalue weighted by molar-refractivity contribution is 5.64. The molecule has 4 nitrogen and oxygen atoms in total. The van der Waals surface area contributed by atoms with E-state index in [9.17, 15) is 0 Å². The van der Waals surface area contributed by atoms with Gasteiger partial charge in [-0.2, -0.15) is 0 Å². The maximum Gasteiger partial charge on any atom is 0.139 e. The molecule has 0 spiro atoms. The van der Waals surface area contributed by atoms with Crippen LogP contribution in [-0.2, 0) is 6.42 Å². The molecule has 1 heterocycles. The molecule has 0 aliphatic carbocycles. The van der Waals surface area contributed by atoms with Gasteiger partial charge in [-0.15, -0.1) is 0 Å². The van der Waals surface area contributed by atoms with Crippen molar-refractivity contribution in [3.63, 3.8) is 0 Å². The summed E-state index contributed by atoms with van der Waals surface area (Å²) in [6.45, 7) is 2.15. The number of anilines is 3. The molecule has 0 aliphatic rings. The van der Waals surface area contributed by atoms with Crippen LogP contribution in [0.15, 0.2) is 36.7 Å². The number of benzene rings is 1. The lowest BCUT2D eigenvalue weighted by Crippen LogP contribution is -2.05. The average molecular weight is 242 g/mol. The molecule has 0 unspecified atom stereocenters. The minimum Gasteiger partial charge on any atom is -0.373 e. The van der Waals surface area contributed by atoms with E-state index in [1.165, 1.54) is 0 Å². The van der Waals surface area contributed by atoms with E-state index >= 15 is 0 Å². The fourth-order valence-corrected chi connectivity index (χ4v) is 1.88. The molecule has 1 aromatic carbocycles. The number of hydrogen-bond acceptors (Lipinski definition) is 4. The molecule has 1 aromatic heterocycles.